The van der Waals surface area contributed by atoms with Crippen molar-refractivity contribution in [3.8, 4) is 0 Å². The number of hydrogen-bond donors (Lipinski definition) is 2. The van der Waals surface area contributed by atoms with Crippen molar-refractivity contribution in [1.29, 1.82) is 0 Å². The molecular weight excluding hydrogens is 260 g/mol. The molecule has 0 radical (unpaired) electrons. The highest BCUT2D eigenvalue weighted by molar-refractivity contribution is 7.89. The number of rotatable bonds is 6. The van der Waals surface area contributed by atoms with Gasteiger partial charge in [0.15, 0.2) is 0 Å². The second-order valence-electron chi connectivity index (χ2n) is 5.15. The molecule has 0 aliphatic carbocycles. The lowest BCUT2D eigenvalue weighted by Gasteiger charge is -2.17. The van der Waals surface area contributed by atoms with Crippen LogP contribution >= 0.6 is 0 Å². The van der Waals surface area contributed by atoms with Crippen LogP contribution in [-0.4, -0.2) is 14.5 Å². The first-order valence-corrected chi connectivity index (χ1v) is 8.15. The molecule has 0 aliphatic heterocycles. The lowest BCUT2D eigenvalue weighted by Crippen LogP contribution is -2.33. The lowest BCUT2D eigenvalue weighted by molar-refractivity contribution is 0.533. The SMILES string of the molecule is CCCCC(C)NS(=O)(=O)c1c(C)cc(N)cc1C. The monoisotopic (exact) mass is 284 g/mol. The molecule has 0 aromatic heterocycles. The van der Waals surface area contributed by atoms with Crippen molar-refractivity contribution in [1.82, 2.24) is 4.72 Å². The van der Waals surface area contributed by atoms with Gasteiger partial charge in [-0.05, 0) is 50.5 Å². The Labute approximate surface area is 116 Å². The summed E-state index contributed by atoms with van der Waals surface area (Å²) in [6, 6.07) is 3.33. The van der Waals surface area contributed by atoms with Gasteiger partial charge in [-0.25, -0.2) is 13.1 Å². The Hall–Kier alpha value is -1.07. The zero-order valence-corrected chi connectivity index (χ0v) is 13.0. The molecule has 0 aliphatic rings. The average molecular weight is 284 g/mol. The van der Waals surface area contributed by atoms with E-state index in [9.17, 15) is 8.42 Å². The van der Waals surface area contributed by atoms with Gasteiger partial charge in [-0.2, -0.15) is 0 Å². The zero-order chi connectivity index (χ0) is 14.6. The van der Waals surface area contributed by atoms with E-state index < -0.39 is 10.0 Å². The van der Waals surface area contributed by atoms with Gasteiger partial charge in [0.2, 0.25) is 10.0 Å². The van der Waals surface area contributed by atoms with Crippen molar-refractivity contribution in [2.45, 2.75) is 57.9 Å². The fourth-order valence-electron chi connectivity index (χ4n) is 2.30. The summed E-state index contributed by atoms with van der Waals surface area (Å²) < 4.78 is 27.6. The van der Waals surface area contributed by atoms with Gasteiger partial charge in [0.05, 0.1) is 4.90 Å². The third kappa shape index (κ3) is 4.21. The van der Waals surface area contributed by atoms with Gasteiger partial charge < -0.3 is 5.73 Å². The first-order valence-electron chi connectivity index (χ1n) is 6.67. The zero-order valence-electron chi connectivity index (χ0n) is 12.2. The number of hydrogen-bond acceptors (Lipinski definition) is 3. The van der Waals surface area contributed by atoms with E-state index in [1.165, 1.54) is 0 Å². The Morgan fingerprint density at radius 3 is 2.26 bits per heavy atom. The van der Waals surface area contributed by atoms with Crippen LogP contribution in [-0.2, 0) is 10.0 Å². The molecule has 0 fully saturated rings. The van der Waals surface area contributed by atoms with E-state index in [0.717, 1.165) is 19.3 Å². The summed E-state index contributed by atoms with van der Waals surface area (Å²) in [5, 5.41) is 0. The summed E-state index contributed by atoms with van der Waals surface area (Å²) in [6.45, 7) is 7.54. The molecule has 1 unspecified atom stereocenters. The summed E-state index contributed by atoms with van der Waals surface area (Å²) in [7, 11) is -3.47. The highest BCUT2D eigenvalue weighted by Gasteiger charge is 2.21. The molecule has 19 heavy (non-hydrogen) atoms. The molecule has 5 heteroatoms. The average Bonchev–Trinajstić information content (AvgIpc) is 2.23. The second-order valence-corrected chi connectivity index (χ2v) is 6.80. The maximum atomic E-state index is 12.4. The van der Waals surface area contributed by atoms with Crippen LogP contribution < -0.4 is 10.5 Å². The largest absolute Gasteiger partial charge is 0.399 e. The quantitative estimate of drug-likeness (QED) is 0.789. The normalized spacial score (nSPS) is 13.5. The predicted molar refractivity (Wildman–Crippen MR) is 79.6 cm³/mol. The third-order valence-electron chi connectivity index (χ3n) is 3.10. The molecule has 3 N–H and O–H groups in total. The Bertz CT molecular complexity index is 515. The van der Waals surface area contributed by atoms with Crippen LogP contribution in [0.15, 0.2) is 17.0 Å². The highest BCUT2D eigenvalue weighted by atomic mass is 32.2. The molecule has 0 bridgehead atoms. The number of nitrogens with one attached hydrogen (secondary N) is 1. The molecule has 108 valence electrons. The molecule has 0 saturated carbocycles. The molecule has 0 saturated heterocycles. The van der Waals surface area contributed by atoms with Crippen molar-refractivity contribution < 1.29 is 8.42 Å². The van der Waals surface area contributed by atoms with Crippen LogP contribution in [0, 0.1) is 13.8 Å². The van der Waals surface area contributed by atoms with Gasteiger partial charge in [0.1, 0.15) is 0 Å². The van der Waals surface area contributed by atoms with E-state index in [1.807, 2.05) is 6.92 Å². The first kappa shape index (κ1) is 16.0. The Balaban J connectivity index is 3.01. The van der Waals surface area contributed by atoms with E-state index in [2.05, 4.69) is 11.6 Å². The van der Waals surface area contributed by atoms with Gasteiger partial charge >= 0.3 is 0 Å². The summed E-state index contributed by atoms with van der Waals surface area (Å²) in [4.78, 5) is 0.352. The number of nitrogens with two attached hydrogens (primary N) is 1. The van der Waals surface area contributed by atoms with E-state index >= 15 is 0 Å². The molecule has 0 amide bonds. The van der Waals surface area contributed by atoms with Gasteiger partial charge in [0, 0.05) is 11.7 Å². The van der Waals surface area contributed by atoms with Gasteiger partial charge in [0.25, 0.3) is 0 Å². The van der Waals surface area contributed by atoms with Gasteiger partial charge in [-0.15, -0.1) is 0 Å². The van der Waals surface area contributed by atoms with Crippen LogP contribution in [0.1, 0.15) is 44.2 Å². The minimum Gasteiger partial charge on any atom is -0.399 e. The highest BCUT2D eigenvalue weighted by Crippen LogP contribution is 2.23. The summed E-state index contributed by atoms with van der Waals surface area (Å²) in [5.74, 6) is 0. The molecule has 0 spiro atoms. The number of unbranched alkanes of at least 4 members (excludes halogenated alkanes) is 1. The number of sulfonamides is 1. The molecule has 1 atom stereocenters. The Morgan fingerprint density at radius 2 is 1.79 bits per heavy atom. The number of anilines is 1. The molecule has 1 rings (SSSR count). The van der Waals surface area contributed by atoms with Crippen LogP contribution in [0.2, 0.25) is 0 Å². The van der Waals surface area contributed by atoms with Crippen molar-refractivity contribution in [3.63, 3.8) is 0 Å². The molecular formula is C14H24N2O2S. The molecule has 1 aromatic rings. The predicted octanol–water partition coefficient (Wildman–Crippen LogP) is 2.74. The number of aryl methyl sites for hydroxylation is 2. The minimum absolute atomic E-state index is 0.0543. The van der Waals surface area contributed by atoms with E-state index in [4.69, 9.17) is 5.73 Å². The molecule has 4 nitrogen and oxygen atoms in total. The first-order chi connectivity index (χ1) is 8.77. The maximum absolute atomic E-state index is 12.4. The van der Waals surface area contributed by atoms with Crippen LogP contribution in [0.4, 0.5) is 5.69 Å². The minimum atomic E-state index is -3.47. The van der Waals surface area contributed by atoms with Crippen molar-refractivity contribution in [3.05, 3.63) is 23.3 Å². The number of benzene rings is 1. The molecule has 1 aromatic carbocycles. The van der Waals surface area contributed by atoms with Crippen LogP contribution in [0.3, 0.4) is 0 Å². The number of nitrogen functional groups attached to an aromatic ring is 1. The second kappa shape index (κ2) is 6.39. The van der Waals surface area contributed by atoms with Crippen LogP contribution in [0.5, 0.6) is 0 Å². The smallest absolute Gasteiger partial charge is 0.241 e. The fraction of sp³-hybridized carbons (Fsp3) is 0.571. The van der Waals surface area contributed by atoms with E-state index in [-0.39, 0.29) is 6.04 Å². The Morgan fingerprint density at radius 1 is 1.26 bits per heavy atom. The van der Waals surface area contributed by atoms with E-state index in [1.54, 1.807) is 26.0 Å². The lowest BCUT2D eigenvalue weighted by atomic mass is 10.1. The standard InChI is InChI=1S/C14H24N2O2S/c1-5-6-7-12(4)16-19(17,18)14-10(2)8-13(15)9-11(14)3/h8-9,12,16H,5-7,15H2,1-4H3. The summed E-state index contributed by atoms with van der Waals surface area (Å²) >= 11 is 0. The van der Waals surface area contributed by atoms with Crippen LogP contribution in [0.25, 0.3) is 0 Å². The Kier molecular flexibility index (Phi) is 5.38. The fourth-order valence-corrected chi connectivity index (χ4v) is 4.03. The van der Waals surface area contributed by atoms with Crippen molar-refractivity contribution in [2.24, 2.45) is 0 Å². The summed E-state index contributed by atoms with van der Waals surface area (Å²) in [5.41, 5.74) is 7.69. The third-order valence-corrected chi connectivity index (χ3v) is 4.99. The molecule has 0 heterocycles. The summed E-state index contributed by atoms with van der Waals surface area (Å²) in [6.07, 6.45) is 2.93. The van der Waals surface area contributed by atoms with Crippen molar-refractivity contribution in [2.75, 3.05) is 5.73 Å². The van der Waals surface area contributed by atoms with Gasteiger partial charge in [-0.1, -0.05) is 19.8 Å². The van der Waals surface area contributed by atoms with Crippen molar-refractivity contribution >= 4 is 15.7 Å². The maximum Gasteiger partial charge on any atom is 0.241 e. The van der Waals surface area contributed by atoms with Gasteiger partial charge in [-0.3, -0.25) is 0 Å². The van der Waals surface area contributed by atoms with E-state index in [0.29, 0.717) is 21.7 Å². The topological polar surface area (TPSA) is 72.2 Å².